The summed E-state index contributed by atoms with van der Waals surface area (Å²) in [6, 6.07) is 9.22. The van der Waals surface area contributed by atoms with Crippen molar-refractivity contribution >= 4 is 20.5 Å². The van der Waals surface area contributed by atoms with Crippen LogP contribution in [0.25, 0.3) is 11.1 Å². The third-order valence-corrected chi connectivity index (χ3v) is 2.84. The van der Waals surface area contributed by atoms with E-state index in [4.69, 9.17) is 0 Å². The number of benzene rings is 1. The summed E-state index contributed by atoms with van der Waals surface area (Å²) in [6.45, 7) is 0. The van der Waals surface area contributed by atoms with Gasteiger partial charge >= 0.3 is 82.4 Å². The maximum atomic E-state index is 11.2. The fraction of sp³-hybridized carbons (Fsp3) is 0. The van der Waals surface area contributed by atoms with Crippen LogP contribution in [0.1, 0.15) is 0 Å². The molecule has 0 saturated heterocycles. The molecule has 0 aliphatic rings. The van der Waals surface area contributed by atoms with E-state index in [1.54, 1.807) is 0 Å². The van der Waals surface area contributed by atoms with Gasteiger partial charge in [-0.05, 0) is 0 Å². The standard InChI is InChI=1S/C10H6O2Se/c11-8-7(10(13)9(8)12)6-4-2-1-3-5-6/h1-5,13H. The van der Waals surface area contributed by atoms with Gasteiger partial charge in [0.25, 0.3) is 0 Å². The van der Waals surface area contributed by atoms with Crippen molar-refractivity contribution in [3.63, 3.8) is 0 Å². The first-order chi connectivity index (χ1) is 6.22. The first-order valence-corrected chi connectivity index (χ1v) is 4.73. The summed E-state index contributed by atoms with van der Waals surface area (Å²) in [5.41, 5.74) is 0.619. The van der Waals surface area contributed by atoms with Crippen molar-refractivity contribution in [3.8, 4) is 11.1 Å². The monoisotopic (exact) mass is 238 g/mol. The molecular weight excluding hydrogens is 231 g/mol. The van der Waals surface area contributed by atoms with Crippen LogP contribution in [0.15, 0.2) is 39.9 Å². The van der Waals surface area contributed by atoms with Gasteiger partial charge in [0.1, 0.15) is 0 Å². The second kappa shape index (κ2) is 2.95. The van der Waals surface area contributed by atoms with E-state index in [0.717, 1.165) is 5.56 Å². The minimum absolute atomic E-state index is 0.373. The molecule has 2 rings (SSSR count). The van der Waals surface area contributed by atoms with E-state index in [2.05, 4.69) is 16.0 Å². The number of hydrogen-bond acceptors (Lipinski definition) is 2. The second-order valence-electron chi connectivity index (χ2n) is 2.75. The predicted octanol–water partition coefficient (Wildman–Crippen LogP) is -0.524. The van der Waals surface area contributed by atoms with E-state index >= 15 is 0 Å². The number of rotatable bonds is 1. The Kier molecular flexibility index (Phi) is 1.91. The predicted molar refractivity (Wildman–Crippen MR) is 53.6 cm³/mol. The Hall–Kier alpha value is -1.18. The molecule has 0 amide bonds. The first kappa shape index (κ1) is 8.42. The van der Waals surface area contributed by atoms with Crippen LogP contribution in [0.2, 0.25) is 0 Å². The zero-order valence-corrected chi connectivity index (χ0v) is 8.53. The quantitative estimate of drug-likeness (QED) is 0.494. The van der Waals surface area contributed by atoms with Gasteiger partial charge in [-0.2, -0.15) is 0 Å². The third kappa shape index (κ3) is 1.17. The van der Waals surface area contributed by atoms with Crippen LogP contribution < -0.4 is 15.3 Å². The van der Waals surface area contributed by atoms with Crippen LogP contribution in [0.3, 0.4) is 0 Å². The van der Waals surface area contributed by atoms with Crippen LogP contribution in [0.4, 0.5) is 0 Å². The van der Waals surface area contributed by atoms with Gasteiger partial charge in [0, 0.05) is 0 Å². The van der Waals surface area contributed by atoms with Crippen LogP contribution in [-0.2, 0) is 0 Å². The summed E-state index contributed by atoms with van der Waals surface area (Å²) in [4.78, 5) is 22.1. The molecule has 0 heterocycles. The molecule has 3 heteroatoms. The van der Waals surface area contributed by atoms with Gasteiger partial charge in [0.2, 0.25) is 0 Å². The Morgan fingerprint density at radius 1 is 0.923 bits per heavy atom. The van der Waals surface area contributed by atoms with E-state index in [1.807, 2.05) is 30.3 Å². The molecule has 0 unspecified atom stereocenters. The van der Waals surface area contributed by atoms with Gasteiger partial charge in [-0.1, -0.05) is 0 Å². The van der Waals surface area contributed by atoms with Crippen molar-refractivity contribution in [1.82, 2.24) is 0 Å². The molecule has 13 heavy (non-hydrogen) atoms. The topological polar surface area (TPSA) is 34.1 Å². The van der Waals surface area contributed by atoms with Gasteiger partial charge in [-0.15, -0.1) is 0 Å². The summed E-state index contributed by atoms with van der Waals surface area (Å²) in [7, 11) is 0. The molecule has 0 spiro atoms. The van der Waals surface area contributed by atoms with Crippen molar-refractivity contribution in [3.05, 3.63) is 50.8 Å². The minimum atomic E-state index is -0.376. The molecule has 0 radical (unpaired) electrons. The van der Waals surface area contributed by atoms with Crippen LogP contribution in [0, 0.1) is 0 Å². The SMILES string of the molecule is O=c1c([SeH])c(-c2ccccc2)c1=O. The molecule has 2 aromatic carbocycles. The van der Waals surface area contributed by atoms with Crippen molar-refractivity contribution < 1.29 is 0 Å². The zero-order valence-electron chi connectivity index (χ0n) is 6.65. The average molecular weight is 237 g/mol. The van der Waals surface area contributed by atoms with Gasteiger partial charge in [0.15, 0.2) is 0 Å². The fourth-order valence-corrected chi connectivity index (χ4v) is 1.95. The molecule has 0 aliphatic carbocycles. The summed E-state index contributed by atoms with van der Waals surface area (Å²) in [5.74, 6) is 0. The molecule has 0 aliphatic heterocycles. The van der Waals surface area contributed by atoms with E-state index < -0.39 is 0 Å². The van der Waals surface area contributed by atoms with Crippen molar-refractivity contribution in [2.45, 2.75) is 0 Å². The van der Waals surface area contributed by atoms with Gasteiger partial charge in [0.05, 0.1) is 0 Å². The third-order valence-electron chi connectivity index (χ3n) is 1.95. The van der Waals surface area contributed by atoms with Crippen molar-refractivity contribution in [2.24, 2.45) is 0 Å². The van der Waals surface area contributed by atoms with Crippen LogP contribution >= 0.6 is 0 Å². The zero-order chi connectivity index (χ0) is 9.42. The molecule has 64 valence electrons. The molecular formula is C10H6O2Se. The van der Waals surface area contributed by atoms with E-state index in [9.17, 15) is 9.59 Å². The second-order valence-corrected chi connectivity index (χ2v) is 3.69. The Labute approximate surface area is 82.7 Å². The van der Waals surface area contributed by atoms with Crippen LogP contribution in [-0.4, -0.2) is 16.0 Å². The van der Waals surface area contributed by atoms with Crippen molar-refractivity contribution in [2.75, 3.05) is 0 Å². The van der Waals surface area contributed by atoms with Gasteiger partial charge in [-0.25, -0.2) is 0 Å². The molecule has 2 aromatic rings. The molecule has 0 fully saturated rings. The maximum absolute atomic E-state index is 11.2. The molecule has 0 atom stereocenters. The Morgan fingerprint density at radius 3 is 2.08 bits per heavy atom. The summed E-state index contributed by atoms with van der Waals surface area (Å²) >= 11 is 2.15. The fourth-order valence-electron chi connectivity index (χ4n) is 1.25. The summed E-state index contributed by atoms with van der Waals surface area (Å²) in [5, 5.41) is 0. The molecule has 0 N–H and O–H groups in total. The Bertz CT molecular complexity index is 507. The summed E-state index contributed by atoms with van der Waals surface area (Å²) < 4.78 is 0.517. The van der Waals surface area contributed by atoms with E-state index in [0.29, 0.717) is 10.0 Å². The van der Waals surface area contributed by atoms with Gasteiger partial charge in [-0.3, -0.25) is 0 Å². The molecule has 2 nitrogen and oxygen atoms in total. The van der Waals surface area contributed by atoms with Gasteiger partial charge < -0.3 is 0 Å². The Balaban J connectivity index is 2.63. The van der Waals surface area contributed by atoms with E-state index in [-0.39, 0.29) is 10.9 Å². The average Bonchev–Trinajstić information content (AvgIpc) is 2.19. The Morgan fingerprint density at radius 2 is 1.54 bits per heavy atom. The number of hydrogen-bond donors (Lipinski definition) is 0. The van der Waals surface area contributed by atoms with Crippen LogP contribution in [0.5, 0.6) is 0 Å². The summed E-state index contributed by atoms with van der Waals surface area (Å²) in [6.07, 6.45) is 0. The van der Waals surface area contributed by atoms with Crippen molar-refractivity contribution in [1.29, 1.82) is 0 Å². The molecule has 0 bridgehead atoms. The molecule has 0 saturated carbocycles. The first-order valence-electron chi connectivity index (χ1n) is 3.79. The van der Waals surface area contributed by atoms with E-state index in [1.165, 1.54) is 0 Å². The normalized spacial score (nSPS) is 10.5. The molecule has 0 aromatic heterocycles.